The zero-order valence-corrected chi connectivity index (χ0v) is 21.3. The summed E-state index contributed by atoms with van der Waals surface area (Å²) in [5, 5.41) is 15.4. The van der Waals surface area contributed by atoms with Crippen LogP contribution in [0.15, 0.2) is 66.0 Å². The van der Waals surface area contributed by atoms with E-state index in [1.807, 2.05) is 6.92 Å². The molecule has 0 radical (unpaired) electrons. The maximum Gasteiger partial charge on any atom is 0.280 e. The van der Waals surface area contributed by atoms with E-state index in [2.05, 4.69) is 27.4 Å². The van der Waals surface area contributed by atoms with Crippen molar-refractivity contribution in [1.29, 1.82) is 0 Å². The Kier molecular flexibility index (Phi) is 7.16. The van der Waals surface area contributed by atoms with Crippen LogP contribution in [0.3, 0.4) is 0 Å². The van der Waals surface area contributed by atoms with Gasteiger partial charge in [-0.1, -0.05) is 47.4 Å². The first kappa shape index (κ1) is 25.4. The first-order chi connectivity index (χ1) is 17.0. The second-order valence-electron chi connectivity index (χ2n) is 8.02. The second-order valence-corrected chi connectivity index (χ2v) is 9.27. The monoisotopic (exact) mass is 544 g/mol. The third-order valence-electron chi connectivity index (χ3n) is 5.11. The van der Waals surface area contributed by atoms with Crippen LogP contribution in [0.1, 0.15) is 28.9 Å². The normalized spacial score (nSPS) is 15.0. The van der Waals surface area contributed by atoms with E-state index in [0.717, 1.165) is 10.6 Å². The van der Waals surface area contributed by atoms with Crippen LogP contribution >= 0.6 is 34.8 Å². The number of hydrazone groups is 1. The average Bonchev–Trinajstić information content (AvgIpc) is 3.35. The van der Waals surface area contributed by atoms with Gasteiger partial charge in [-0.25, -0.2) is 0 Å². The molecule has 1 aliphatic rings. The van der Waals surface area contributed by atoms with Gasteiger partial charge in [-0.15, -0.1) is 5.10 Å². The quantitative estimate of drug-likeness (QED) is 0.440. The number of rotatable bonds is 5. The Morgan fingerprint density at radius 1 is 1.08 bits per heavy atom. The molecule has 1 unspecified atom stereocenters. The minimum atomic E-state index is -1.09. The Balaban J connectivity index is 1.69. The van der Waals surface area contributed by atoms with Gasteiger partial charge in [0.15, 0.2) is 11.9 Å². The summed E-state index contributed by atoms with van der Waals surface area (Å²) in [5.74, 6) is -1.47. The van der Waals surface area contributed by atoms with Gasteiger partial charge >= 0.3 is 0 Å². The van der Waals surface area contributed by atoms with Crippen molar-refractivity contribution in [2.75, 3.05) is 10.3 Å². The number of aromatic nitrogens is 2. The molecule has 3 aromatic rings. The van der Waals surface area contributed by atoms with Crippen LogP contribution in [0.2, 0.25) is 15.1 Å². The van der Waals surface area contributed by atoms with Crippen molar-refractivity contribution in [2.24, 2.45) is 5.10 Å². The summed E-state index contributed by atoms with van der Waals surface area (Å²) in [5.41, 5.74) is 1.87. The molecule has 0 bridgehead atoms. The number of aryl methyl sites for hydroxylation is 1. The zero-order chi connectivity index (χ0) is 26.1. The second kappa shape index (κ2) is 10.1. The van der Waals surface area contributed by atoms with Gasteiger partial charge in [0.05, 0.1) is 16.2 Å². The number of anilines is 2. The number of benzene rings is 2. The Bertz CT molecular complexity index is 1430. The molecule has 0 saturated carbocycles. The topological polar surface area (TPSA) is 109 Å². The highest BCUT2D eigenvalue weighted by atomic mass is 35.5. The highest BCUT2D eigenvalue weighted by Gasteiger charge is 2.41. The van der Waals surface area contributed by atoms with Gasteiger partial charge in [0, 0.05) is 28.0 Å². The summed E-state index contributed by atoms with van der Waals surface area (Å²) < 4.78 is 1.39. The van der Waals surface area contributed by atoms with Gasteiger partial charge in [-0.05, 0) is 49.7 Å². The van der Waals surface area contributed by atoms with Gasteiger partial charge in [0.1, 0.15) is 5.69 Å². The molecule has 0 aliphatic carbocycles. The maximum absolute atomic E-state index is 13.5. The molecule has 1 atom stereocenters. The number of carbonyl (C=O) groups excluding carboxylic acids is 3. The molecule has 9 nitrogen and oxygen atoms in total. The molecule has 2 aromatic carbocycles. The van der Waals surface area contributed by atoms with Crippen molar-refractivity contribution in [3.8, 4) is 0 Å². The van der Waals surface area contributed by atoms with Crippen molar-refractivity contribution in [1.82, 2.24) is 15.1 Å². The smallest absolute Gasteiger partial charge is 0.280 e. The summed E-state index contributed by atoms with van der Waals surface area (Å²) in [6, 6.07) is 8.07. The summed E-state index contributed by atoms with van der Waals surface area (Å²) in [4.78, 5) is 38.5. The van der Waals surface area contributed by atoms with Gasteiger partial charge in [0.2, 0.25) is 0 Å². The number of hydrogen-bond donors (Lipinski definition) is 2. The number of nitrogens with one attached hydrogen (secondary N) is 2. The van der Waals surface area contributed by atoms with E-state index in [4.69, 9.17) is 34.8 Å². The van der Waals surface area contributed by atoms with Crippen LogP contribution < -0.4 is 15.6 Å². The first-order valence-electron chi connectivity index (χ1n) is 10.5. The van der Waals surface area contributed by atoms with E-state index in [-0.39, 0.29) is 38.1 Å². The average molecular weight is 546 g/mol. The van der Waals surface area contributed by atoms with Gasteiger partial charge in [-0.3, -0.25) is 19.1 Å². The first-order valence-corrected chi connectivity index (χ1v) is 11.6. The number of halogens is 3. The van der Waals surface area contributed by atoms with Crippen molar-refractivity contribution < 1.29 is 14.4 Å². The molecule has 36 heavy (non-hydrogen) atoms. The van der Waals surface area contributed by atoms with E-state index >= 15 is 0 Å². The van der Waals surface area contributed by atoms with Gasteiger partial charge in [0.25, 0.3) is 17.7 Å². The van der Waals surface area contributed by atoms with Gasteiger partial charge < -0.3 is 10.6 Å². The highest BCUT2D eigenvalue weighted by Crippen LogP contribution is 2.39. The number of amidine groups is 1. The minimum absolute atomic E-state index is 0.00607. The van der Waals surface area contributed by atoms with Crippen LogP contribution in [-0.2, 0) is 9.59 Å². The molecule has 12 heteroatoms. The van der Waals surface area contributed by atoms with Crippen LogP contribution in [-0.4, -0.2) is 33.3 Å². The van der Waals surface area contributed by atoms with E-state index in [1.165, 1.54) is 22.9 Å². The molecule has 0 spiro atoms. The molecule has 0 saturated heterocycles. The molecule has 0 fully saturated rings. The summed E-state index contributed by atoms with van der Waals surface area (Å²) in [6.07, 6.45) is 3.22. The third-order valence-corrected chi connectivity index (χ3v) is 5.90. The van der Waals surface area contributed by atoms with Crippen LogP contribution in [0.4, 0.5) is 11.4 Å². The molecule has 4 rings (SSSR count). The molecular formula is C24H19Cl3N6O3. The molecule has 2 heterocycles. The third kappa shape index (κ3) is 5.13. The van der Waals surface area contributed by atoms with Crippen molar-refractivity contribution in [3.05, 3.63) is 87.1 Å². The van der Waals surface area contributed by atoms with E-state index < -0.39 is 17.9 Å². The van der Waals surface area contributed by atoms with Crippen LogP contribution in [0.5, 0.6) is 0 Å². The maximum atomic E-state index is 13.5. The largest absolute Gasteiger partial charge is 0.322 e. The highest BCUT2D eigenvalue weighted by molar-refractivity contribution is 6.43. The predicted octanol–water partition coefficient (Wildman–Crippen LogP) is 5.00. The van der Waals surface area contributed by atoms with E-state index in [0.29, 0.717) is 11.3 Å². The number of hydrogen-bond acceptors (Lipinski definition) is 5. The van der Waals surface area contributed by atoms with E-state index in [9.17, 15) is 14.4 Å². The summed E-state index contributed by atoms with van der Waals surface area (Å²) in [6.45, 7) is 6.98. The van der Waals surface area contributed by atoms with Crippen molar-refractivity contribution >= 4 is 69.7 Å². The SMILES string of the molecule is C=C(C)C(=O)Nc1cccc(C(=O)NC2=NN(c3c(Cl)cc(Cl)cc3Cl)C(=O)C2n2cc(C)cn2)c1. The van der Waals surface area contributed by atoms with Crippen LogP contribution in [0.25, 0.3) is 0 Å². The lowest BCUT2D eigenvalue weighted by molar-refractivity contribution is -0.119. The number of amides is 3. The number of nitrogens with zero attached hydrogens (tertiary/aromatic N) is 4. The summed E-state index contributed by atoms with van der Waals surface area (Å²) >= 11 is 18.7. The summed E-state index contributed by atoms with van der Waals surface area (Å²) in [7, 11) is 0. The molecule has 2 N–H and O–H groups in total. The predicted molar refractivity (Wildman–Crippen MR) is 140 cm³/mol. The lowest BCUT2D eigenvalue weighted by atomic mass is 10.1. The van der Waals surface area contributed by atoms with Crippen molar-refractivity contribution in [3.63, 3.8) is 0 Å². The van der Waals surface area contributed by atoms with E-state index in [1.54, 1.807) is 37.5 Å². The fraction of sp³-hybridized carbons (Fsp3) is 0.125. The van der Waals surface area contributed by atoms with Crippen LogP contribution in [0, 0.1) is 6.92 Å². The molecule has 1 aromatic heterocycles. The Labute approximate surface area is 221 Å². The molecule has 184 valence electrons. The minimum Gasteiger partial charge on any atom is -0.322 e. The Hall–Kier alpha value is -3.66. The molecule has 1 aliphatic heterocycles. The standard InChI is InChI=1S/C24H19Cl3N6O3/c1-12(2)22(34)29-16-6-4-5-14(7-16)23(35)30-21-20(32-11-13(3)10-28-32)24(36)33(31-21)19-17(26)8-15(25)9-18(19)27/h4-11,20H,1H2,2-3H3,(H,29,34)(H,30,31,35). The lowest BCUT2D eigenvalue weighted by Crippen LogP contribution is -2.38. The Morgan fingerprint density at radius 3 is 2.39 bits per heavy atom. The lowest BCUT2D eigenvalue weighted by Gasteiger charge is -2.17. The fourth-order valence-electron chi connectivity index (χ4n) is 3.41. The number of carbonyl (C=O) groups is 3. The van der Waals surface area contributed by atoms with Gasteiger partial charge in [-0.2, -0.15) is 10.1 Å². The fourth-order valence-corrected chi connectivity index (χ4v) is 4.39. The van der Waals surface area contributed by atoms with Crippen molar-refractivity contribution in [2.45, 2.75) is 19.9 Å². The molecular weight excluding hydrogens is 527 g/mol. The Morgan fingerprint density at radius 2 is 1.78 bits per heavy atom. The zero-order valence-electron chi connectivity index (χ0n) is 19.1. The molecule has 3 amide bonds.